The molecule has 9 N–H and O–H groups in total. The summed E-state index contributed by atoms with van der Waals surface area (Å²) in [5.74, 6) is -1.25. The normalized spacial score (nSPS) is 11.8. The number of anilines is 1. The number of nitrogens with zero attached hydrogens (tertiary/aromatic N) is 4. The van der Waals surface area contributed by atoms with E-state index in [9.17, 15) is 24.0 Å². The van der Waals surface area contributed by atoms with Gasteiger partial charge in [-0.2, -0.15) is 5.26 Å². The third kappa shape index (κ3) is 5.79. The van der Waals surface area contributed by atoms with Gasteiger partial charge in [0.1, 0.15) is 17.0 Å². The van der Waals surface area contributed by atoms with E-state index in [4.69, 9.17) is 11.6 Å². The molecule has 3 heterocycles. The van der Waals surface area contributed by atoms with Crippen LogP contribution in [0.4, 0.5) is 14.5 Å². The minimum absolute atomic E-state index is 0. The fraction of sp³-hybridized carbons (Fsp3) is 0.167. The average Bonchev–Trinajstić information content (AvgIpc) is 2.81. The molecular formula is C24H25ClF2N7O3P. The molecule has 1 unspecified atom stereocenters. The first-order chi connectivity index (χ1) is 16.9. The number of pyridine rings is 3. The van der Waals surface area contributed by atoms with Gasteiger partial charge in [0.05, 0.1) is 39.6 Å². The summed E-state index contributed by atoms with van der Waals surface area (Å²) < 4.78 is 41.2. The number of nitrogens with one attached hydrogen (secondary N) is 1. The SMILES string of the molecule is Cc1cc(-c2nc3c(NC(C)c4cc(C#N)ccc4F)c(Cl)c(C)nc3cc2F)cnc1P(=O)(O)O.N.N. The lowest BCUT2D eigenvalue weighted by atomic mass is 10.0. The Morgan fingerprint density at radius 2 is 1.79 bits per heavy atom. The fourth-order valence-corrected chi connectivity index (χ4v) is 4.76. The van der Waals surface area contributed by atoms with Gasteiger partial charge in [0.15, 0.2) is 11.3 Å². The number of fused-ring (bicyclic) bond motifs is 1. The minimum Gasteiger partial charge on any atom is -0.375 e. The van der Waals surface area contributed by atoms with Gasteiger partial charge in [-0.05, 0) is 50.6 Å². The van der Waals surface area contributed by atoms with Crippen molar-refractivity contribution >= 4 is 41.4 Å². The second-order valence-electron chi connectivity index (χ2n) is 8.20. The van der Waals surface area contributed by atoms with Gasteiger partial charge in [-0.1, -0.05) is 11.6 Å². The van der Waals surface area contributed by atoms with Crippen LogP contribution >= 0.6 is 19.2 Å². The zero-order valence-electron chi connectivity index (χ0n) is 20.6. The van der Waals surface area contributed by atoms with Crippen LogP contribution in [0.1, 0.15) is 35.3 Å². The summed E-state index contributed by atoms with van der Waals surface area (Å²) in [6.45, 7) is 4.76. The molecule has 0 radical (unpaired) electrons. The number of hydrogen-bond acceptors (Lipinski definition) is 8. The molecule has 0 aliphatic heterocycles. The zero-order valence-corrected chi connectivity index (χ0v) is 22.3. The molecule has 4 rings (SSSR count). The Bertz CT molecular complexity index is 1630. The second-order valence-corrected chi connectivity index (χ2v) is 10.1. The van der Waals surface area contributed by atoms with Gasteiger partial charge in [-0.25, -0.2) is 23.7 Å². The molecule has 0 saturated heterocycles. The minimum atomic E-state index is -4.61. The van der Waals surface area contributed by atoms with E-state index in [0.717, 1.165) is 6.20 Å². The highest BCUT2D eigenvalue weighted by atomic mass is 35.5. The van der Waals surface area contributed by atoms with Crippen molar-refractivity contribution in [3.63, 3.8) is 0 Å². The van der Waals surface area contributed by atoms with Gasteiger partial charge < -0.3 is 27.4 Å². The molecule has 0 aliphatic rings. The van der Waals surface area contributed by atoms with E-state index < -0.39 is 30.7 Å². The zero-order chi connectivity index (χ0) is 26.4. The first kappa shape index (κ1) is 30.7. The van der Waals surface area contributed by atoms with Crippen LogP contribution in [0, 0.1) is 36.8 Å². The fourth-order valence-electron chi connectivity index (χ4n) is 3.84. The Morgan fingerprint density at radius 3 is 2.39 bits per heavy atom. The molecule has 0 saturated carbocycles. The van der Waals surface area contributed by atoms with E-state index in [2.05, 4.69) is 20.3 Å². The van der Waals surface area contributed by atoms with Crippen LogP contribution in [0.5, 0.6) is 0 Å². The number of halogens is 3. The molecule has 0 amide bonds. The van der Waals surface area contributed by atoms with Crippen molar-refractivity contribution in [2.24, 2.45) is 0 Å². The summed E-state index contributed by atoms with van der Waals surface area (Å²) in [5, 5.41) is 12.5. The van der Waals surface area contributed by atoms with Crippen molar-refractivity contribution in [3.05, 3.63) is 75.6 Å². The quantitative estimate of drug-likeness (QED) is 0.195. The van der Waals surface area contributed by atoms with Gasteiger partial charge in [0, 0.05) is 23.4 Å². The molecule has 38 heavy (non-hydrogen) atoms. The Morgan fingerprint density at radius 1 is 1.11 bits per heavy atom. The standard InChI is InChI=1S/C24H19ClF2N5O3P.2H3N/c1-11-6-15(10-29-24(11)36(33,34)35)21-18(27)8-19-22(32-21)23(20(25)13(3)30-19)31-12(2)16-7-14(9-28)4-5-17(16)26;;/h4-8,10,12H,1-3H3,(H,30,31)(H2,33,34,35);2*1H3. The first-order valence-corrected chi connectivity index (χ1v) is 12.5. The highest BCUT2D eigenvalue weighted by molar-refractivity contribution is 7.60. The maximum absolute atomic E-state index is 15.1. The summed E-state index contributed by atoms with van der Waals surface area (Å²) in [4.78, 5) is 31.4. The molecule has 200 valence electrons. The molecule has 10 nitrogen and oxygen atoms in total. The van der Waals surface area contributed by atoms with Gasteiger partial charge in [-0.3, -0.25) is 4.57 Å². The van der Waals surface area contributed by atoms with Crippen molar-refractivity contribution in [2.45, 2.75) is 26.8 Å². The Kier molecular flexibility index (Phi) is 9.24. The number of aryl methyl sites for hydroxylation is 2. The topological polar surface area (TPSA) is 202 Å². The lowest BCUT2D eigenvalue weighted by Gasteiger charge is -2.20. The smallest absolute Gasteiger partial charge is 0.374 e. The molecule has 1 atom stereocenters. The average molecular weight is 564 g/mol. The van der Waals surface area contributed by atoms with Crippen LogP contribution in [0.2, 0.25) is 5.02 Å². The van der Waals surface area contributed by atoms with Gasteiger partial charge in [-0.15, -0.1) is 0 Å². The van der Waals surface area contributed by atoms with E-state index in [-0.39, 0.29) is 62.0 Å². The second kappa shape index (κ2) is 11.4. The van der Waals surface area contributed by atoms with Crippen molar-refractivity contribution in [1.82, 2.24) is 27.3 Å². The van der Waals surface area contributed by atoms with Crippen molar-refractivity contribution < 1.29 is 23.1 Å². The van der Waals surface area contributed by atoms with Crippen LogP contribution in [0.3, 0.4) is 0 Å². The number of rotatable bonds is 5. The van der Waals surface area contributed by atoms with Crippen molar-refractivity contribution in [1.29, 1.82) is 5.26 Å². The number of nitriles is 1. The van der Waals surface area contributed by atoms with Crippen LogP contribution in [-0.2, 0) is 4.57 Å². The number of benzene rings is 1. The summed E-state index contributed by atoms with van der Waals surface area (Å²) in [7, 11) is -4.61. The van der Waals surface area contributed by atoms with E-state index in [0.29, 0.717) is 5.69 Å². The predicted octanol–water partition coefficient (Wildman–Crippen LogP) is 5.41. The molecule has 0 aliphatic carbocycles. The van der Waals surface area contributed by atoms with Gasteiger partial charge >= 0.3 is 7.60 Å². The molecule has 14 heteroatoms. The van der Waals surface area contributed by atoms with Crippen LogP contribution in [0.15, 0.2) is 36.5 Å². The number of hydrogen-bond donors (Lipinski definition) is 5. The number of aromatic nitrogens is 3. The van der Waals surface area contributed by atoms with Crippen molar-refractivity contribution in [2.75, 3.05) is 5.32 Å². The summed E-state index contributed by atoms with van der Waals surface area (Å²) >= 11 is 6.53. The summed E-state index contributed by atoms with van der Waals surface area (Å²) in [6.07, 6.45) is 1.13. The molecule has 4 aromatic rings. The maximum Gasteiger partial charge on any atom is 0.374 e. The molecule has 0 spiro atoms. The highest BCUT2D eigenvalue weighted by Gasteiger charge is 2.24. The highest BCUT2D eigenvalue weighted by Crippen LogP contribution is 2.37. The maximum atomic E-state index is 15.1. The van der Waals surface area contributed by atoms with Gasteiger partial charge in [0.2, 0.25) is 0 Å². The molecular weight excluding hydrogens is 539 g/mol. The molecule has 1 aromatic carbocycles. The third-order valence-electron chi connectivity index (χ3n) is 5.57. The predicted molar refractivity (Wildman–Crippen MR) is 142 cm³/mol. The third-order valence-corrected chi connectivity index (χ3v) is 7.05. The van der Waals surface area contributed by atoms with E-state index in [1.54, 1.807) is 13.8 Å². The van der Waals surface area contributed by atoms with Crippen molar-refractivity contribution in [3.8, 4) is 17.3 Å². The van der Waals surface area contributed by atoms with E-state index in [1.165, 1.54) is 37.3 Å². The monoisotopic (exact) mass is 563 g/mol. The van der Waals surface area contributed by atoms with Gasteiger partial charge in [0.25, 0.3) is 0 Å². The first-order valence-electron chi connectivity index (χ1n) is 10.6. The lowest BCUT2D eigenvalue weighted by Crippen LogP contribution is -2.13. The summed E-state index contributed by atoms with van der Waals surface area (Å²) in [5.41, 5.74) is 1.38. The summed E-state index contributed by atoms with van der Waals surface area (Å²) in [6, 6.07) is 7.86. The Labute approximate surface area is 222 Å². The van der Waals surface area contributed by atoms with Crippen LogP contribution < -0.4 is 23.1 Å². The Balaban J connectivity index is 0.00000253. The van der Waals surface area contributed by atoms with Crippen LogP contribution in [-0.4, -0.2) is 24.7 Å². The van der Waals surface area contributed by atoms with E-state index in [1.807, 2.05) is 6.07 Å². The molecule has 0 fully saturated rings. The Hall–Kier alpha value is -3.56. The van der Waals surface area contributed by atoms with E-state index >= 15 is 4.39 Å². The largest absolute Gasteiger partial charge is 0.375 e. The lowest BCUT2D eigenvalue weighted by molar-refractivity contribution is 0.386. The molecule has 3 aromatic heterocycles. The molecule has 0 bridgehead atoms. The van der Waals surface area contributed by atoms with Crippen LogP contribution in [0.25, 0.3) is 22.3 Å².